The minimum absolute atomic E-state index is 0.261. The molecule has 0 aliphatic rings. The van der Waals surface area contributed by atoms with Crippen molar-refractivity contribution in [2.24, 2.45) is 0 Å². The zero-order chi connectivity index (χ0) is 13.8. The number of aromatic nitrogens is 1. The first-order chi connectivity index (χ1) is 9.13. The number of likely N-dealkylation sites (N-methyl/N-ethyl adjacent to an activating group) is 1. The van der Waals surface area contributed by atoms with Gasteiger partial charge in [-0.15, -0.1) is 11.3 Å². The van der Waals surface area contributed by atoms with E-state index >= 15 is 0 Å². The van der Waals surface area contributed by atoms with Crippen LogP contribution in [0.25, 0.3) is 0 Å². The molecule has 0 bridgehead atoms. The molecule has 0 aliphatic carbocycles. The SMILES string of the molecule is CCNC(c1cc(Br)sc1Br)C(C)c1ccccn1. The van der Waals surface area contributed by atoms with Crippen molar-refractivity contribution in [2.75, 3.05) is 6.54 Å². The molecule has 2 nitrogen and oxygen atoms in total. The maximum atomic E-state index is 4.48. The molecule has 2 aromatic rings. The third-order valence-electron chi connectivity index (χ3n) is 3.10. The lowest BCUT2D eigenvalue weighted by Crippen LogP contribution is -2.26. The fraction of sp³-hybridized carbons (Fsp3) is 0.357. The Kier molecular flexibility index (Phi) is 5.57. The summed E-state index contributed by atoms with van der Waals surface area (Å²) in [6.45, 7) is 5.28. The first kappa shape index (κ1) is 15.2. The first-order valence-corrected chi connectivity index (χ1v) is 8.62. The quantitative estimate of drug-likeness (QED) is 0.748. The third-order valence-corrected chi connectivity index (χ3v) is 5.48. The van der Waals surface area contributed by atoms with E-state index in [0.717, 1.165) is 16.0 Å². The predicted molar refractivity (Wildman–Crippen MR) is 88.8 cm³/mol. The topological polar surface area (TPSA) is 24.9 Å². The lowest BCUT2D eigenvalue weighted by Gasteiger charge is -2.24. The highest BCUT2D eigenvalue weighted by molar-refractivity contribution is 9.12. The van der Waals surface area contributed by atoms with Crippen LogP contribution in [0.2, 0.25) is 0 Å². The summed E-state index contributed by atoms with van der Waals surface area (Å²) in [5.74, 6) is 0.318. The van der Waals surface area contributed by atoms with Crippen LogP contribution in [0.4, 0.5) is 0 Å². The molecule has 0 aliphatic heterocycles. The van der Waals surface area contributed by atoms with Gasteiger partial charge >= 0.3 is 0 Å². The fourth-order valence-corrected chi connectivity index (χ4v) is 5.09. The smallest absolute Gasteiger partial charge is 0.0758 e. The van der Waals surface area contributed by atoms with Gasteiger partial charge in [0.2, 0.25) is 0 Å². The second-order valence-corrected chi connectivity index (χ2v) is 8.11. The minimum atomic E-state index is 0.261. The summed E-state index contributed by atoms with van der Waals surface area (Å²) >= 11 is 8.92. The molecule has 2 atom stereocenters. The van der Waals surface area contributed by atoms with Crippen LogP contribution in [0.1, 0.15) is 37.1 Å². The molecule has 0 spiro atoms. The van der Waals surface area contributed by atoms with E-state index in [4.69, 9.17) is 0 Å². The van der Waals surface area contributed by atoms with Crippen molar-refractivity contribution in [3.05, 3.63) is 49.3 Å². The molecule has 5 heteroatoms. The van der Waals surface area contributed by atoms with Gasteiger partial charge in [0.25, 0.3) is 0 Å². The van der Waals surface area contributed by atoms with Crippen molar-refractivity contribution in [1.29, 1.82) is 0 Å². The van der Waals surface area contributed by atoms with Crippen LogP contribution >= 0.6 is 43.2 Å². The van der Waals surface area contributed by atoms with E-state index in [9.17, 15) is 0 Å². The lowest BCUT2D eigenvalue weighted by molar-refractivity contribution is 0.472. The molecular weight excluding hydrogens is 388 g/mol. The summed E-state index contributed by atoms with van der Waals surface area (Å²) in [4.78, 5) is 4.48. The van der Waals surface area contributed by atoms with Crippen LogP contribution in [0.3, 0.4) is 0 Å². The Balaban J connectivity index is 2.32. The van der Waals surface area contributed by atoms with Gasteiger partial charge in [-0.1, -0.05) is 19.9 Å². The zero-order valence-electron chi connectivity index (χ0n) is 10.9. The van der Waals surface area contributed by atoms with E-state index in [1.165, 1.54) is 9.35 Å². The zero-order valence-corrected chi connectivity index (χ0v) is 14.8. The van der Waals surface area contributed by atoms with Crippen LogP contribution < -0.4 is 5.32 Å². The number of hydrogen-bond acceptors (Lipinski definition) is 3. The average molecular weight is 404 g/mol. The first-order valence-electron chi connectivity index (χ1n) is 6.22. The molecular formula is C14H16Br2N2S. The lowest BCUT2D eigenvalue weighted by atomic mass is 9.93. The molecule has 0 amide bonds. The Hall–Kier alpha value is -0.230. The molecule has 1 N–H and O–H groups in total. The number of thiophene rings is 1. The summed E-state index contributed by atoms with van der Waals surface area (Å²) < 4.78 is 2.32. The van der Waals surface area contributed by atoms with Crippen molar-refractivity contribution in [2.45, 2.75) is 25.8 Å². The van der Waals surface area contributed by atoms with Crippen LogP contribution in [-0.2, 0) is 0 Å². The standard InChI is InChI=1S/C14H16Br2N2S/c1-3-17-13(10-8-12(15)19-14(10)16)9(2)11-6-4-5-7-18-11/h4-9,13,17H,3H2,1-2H3. The van der Waals surface area contributed by atoms with Gasteiger partial charge in [-0.05, 0) is 62.2 Å². The van der Waals surface area contributed by atoms with Crippen LogP contribution in [0.15, 0.2) is 38.0 Å². The van der Waals surface area contributed by atoms with E-state index in [2.05, 4.69) is 68.1 Å². The molecule has 2 rings (SSSR count). The Morgan fingerprint density at radius 2 is 2.16 bits per heavy atom. The Bertz CT molecular complexity index is 527. The highest BCUT2D eigenvalue weighted by Crippen LogP contribution is 2.40. The van der Waals surface area contributed by atoms with Gasteiger partial charge in [0, 0.05) is 23.9 Å². The number of nitrogens with one attached hydrogen (secondary N) is 1. The van der Waals surface area contributed by atoms with E-state index < -0.39 is 0 Å². The van der Waals surface area contributed by atoms with E-state index in [-0.39, 0.29) is 6.04 Å². The molecule has 0 saturated heterocycles. The van der Waals surface area contributed by atoms with Crippen molar-refractivity contribution < 1.29 is 0 Å². The number of rotatable bonds is 5. The van der Waals surface area contributed by atoms with E-state index in [1.807, 2.05) is 18.3 Å². The van der Waals surface area contributed by atoms with E-state index in [0.29, 0.717) is 5.92 Å². The summed E-state index contributed by atoms with van der Waals surface area (Å²) in [6, 6.07) is 8.53. The summed E-state index contributed by atoms with van der Waals surface area (Å²) in [5.41, 5.74) is 2.40. The van der Waals surface area contributed by atoms with Gasteiger partial charge in [0.15, 0.2) is 0 Å². The second-order valence-electron chi connectivity index (χ2n) is 4.36. The van der Waals surface area contributed by atoms with Crippen molar-refractivity contribution in [3.63, 3.8) is 0 Å². The van der Waals surface area contributed by atoms with Gasteiger partial charge in [0.1, 0.15) is 0 Å². The van der Waals surface area contributed by atoms with Crippen molar-refractivity contribution in [1.82, 2.24) is 10.3 Å². The summed E-state index contributed by atoms with van der Waals surface area (Å²) in [5, 5.41) is 3.57. The monoisotopic (exact) mass is 402 g/mol. The highest BCUT2D eigenvalue weighted by atomic mass is 79.9. The summed E-state index contributed by atoms with van der Waals surface area (Å²) in [6.07, 6.45) is 1.85. The molecule has 0 saturated carbocycles. The highest BCUT2D eigenvalue weighted by Gasteiger charge is 2.24. The van der Waals surface area contributed by atoms with Crippen LogP contribution in [0.5, 0.6) is 0 Å². The Labute approximate surface area is 134 Å². The maximum Gasteiger partial charge on any atom is 0.0758 e. The van der Waals surface area contributed by atoms with Gasteiger partial charge in [-0.3, -0.25) is 4.98 Å². The summed E-state index contributed by atoms with van der Waals surface area (Å²) in [7, 11) is 0. The molecule has 0 radical (unpaired) electrons. The van der Waals surface area contributed by atoms with Gasteiger partial charge in [0.05, 0.1) is 7.57 Å². The predicted octanol–water partition coefficient (Wildman–Crippen LogP) is 5.12. The van der Waals surface area contributed by atoms with Gasteiger partial charge < -0.3 is 5.32 Å². The normalized spacial score (nSPS) is 14.3. The molecule has 102 valence electrons. The fourth-order valence-electron chi connectivity index (χ4n) is 2.16. The van der Waals surface area contributed by atoms with E-state index in [1.54, 1.807) is 11.3 Å². The second kappa shape index (κ2) is 6.97. The Morgan fingerprint density at radius 3 is 2.68 bits per heavy atom. The number of hydrogen-bond donors (Lipinski definition) is 1. The van der Waals surface area contributed by atoms with Crippen molar-refractivity contribution >= 4 is 43.2 Å². The molecule has 2 unspecified atom stereocenters. The number of nitrogens with zero attached hydrogens (tertiary/aromatic N) is 1. The molecule has 0 fully saturated rings. The average Bonchev–Trinajstić information content (AvgIpc) is 2.75. The number of pyridine rings is 1. The Morgan fingerprint density at radius 1 is 1.37 bits per heavy atom. The molecule has 2 heterocycles. The van der Waals surface area contributed by atoms with Crippen molar-refractivity contribution in [3.8, 4) is 0 Å². The number of halogens is 2. The van der Waals surface area contributed by atoms with Crippen LogP contribution in [0, 0.1) is 0 Å². The molecule has 19 heavy (non-hydrogen) atoms. The largest absolute Gasteiger partial charge is 0.310 e. The van der Waals surface area contributed by atoms with Gasteiger partial charge in [-0.2, -0.15) is 0 Å². The van der Waals surface area contributed by atoms with Crippen LogP contribution in [-0.4, -0.2) is 11.5 Å². The van der Waals surface area contributed by atoms with Gasteiger partial charge in [-0.25, -0.2) is 0 Å². The minimum Gasteiger partial charge on any atom is -0.310 e. The molecule has 0 aromatic carbocycles. The molecule has 2 aromatic heterocycles. The third kappa shape index (κ3) is 3.66. The maximum absolute atomic E-state index is 4.48.